The zero-order valence-electron chi connectivity index (χ0n) is 9.41. The first-order valence-electron chi connectivity index (χ1n) is 5.46. The number of hydrogen-bond donors (Lipinski definition) is 1. The summed E-state index contributed by atoms with van der Waals surface area (Å²) in [5, 5.41) is 16.3. The highest BCUT2D eigenvalue weighted by Crippen LogP contribution is 2.26. The van der Waals surface area contributed by atoms with Crippen molar-refractivity contribution in [1.82, 2.24) is 9.78 Å². The molecule has 2 heterocycles. The number of fused-ring (bicyclic) bond motifs is 1. The summed E-state index contributed by atoms with van der Waals surface area (Å²) >= 11 is 1.66. The molecule has 0 bridgehead atoms. The molecule has 18 heavy (non-hydrogen) atoms. The van der Waals surface area contributed by atoms with Crippen molar-refractivity contribution in [3.05, 3.63) is 53.2 Å². The lowest BCUT2D eigenvalue weighted by molar-refractivity contribution is 0.0684. The van der Waals surface area contributed by atoms with Crippen molar-refractivity contribution < 1.29 is 9.90 Å². The second-order valence-electron chi connectivity index (χ2n) is 3.94. The Hall–Kier alpha value is -2.14. The fourth-order valence-corrected chi connectivity index (χ4v) is 2.91. The Balaban J connectivity index is 2.02. The average Bonchev–Trinajstić information content (AvgIpc) is 2.97. The number of carbonyl (C=O) groups is 1. The van der Waals surface area contributed by atoms with E-state index in [1.165, 1.54) is 21.6 Å². The van der Waals surface area contributed by atoms with Gasteiger partial charge in [0.25, 0.3) is 0 Å². The lowest BCUT2D eigenvalue weighted by Gasteiger charge is -2.03. The molecule has 0 atom stereocenters. The minimum atomic E-state index is -0.952. The summed E-state index contributed by atoms with van der Waals surface area (Å²) in [6, 6.07) is 9.60. The first-order valence-corrected chi connectivity index (χ1v) is 6.34. The van der Waals surface area contributed by atoms with E-state index in [0.717, 1.165) is 10.9 Å². The quantitative estimate of drug-likeness (QED) is 0.786. The maximum Gasteiger partial charge on any atom is 0.354 e. The molecule has 5 heteroatoms. The Bertz CT molecular complexity index is 714. The molecule has 2 aromatic heterocycles. The number of aromatic carboxylic acids is 1. The van der Waals surface area contributed by atoms with E-state index in [0.29, 0.717) is 6.54 Å². The summed E-state index contributed by atoms with van der Waals surface area (Å²) in [4.78, 5) is 11.0. The van der Waals surface area contributed by atoms with E-state index in [9.17, 15) is 4.79 Å². The van der Waals surface area contributed by atoms with E-state index in [1.807, 2.05) is 18.2 Å². The molecule has 0 aliphatic carbocycles. The number of carboxylic acids is 1. The zero-order chi connectivity index (χ0) is 12.5. The maximum atomic E-state index is 11.0. The molecule has 0 fully saturated rings. The Morgan fingerprint density at radius 3 is 3.00 bits per heavy atom. The van der Waals surface area contributed by atoms with Crippen molar-refractivity contribution in [2.45, 2.75) is 6.54 Å². The van der Waals surface area contributed by atoms with Gasteiger partial charge in [0.2, 0.25) is 0 Å². The van der Waals surface area contributed by atoms with Gasteiger partial charge in [0, 0.05) is 10.9 Å². The van der Waals surface area contributed by atoms with E-state index in [2.05, 4.69) is 16.5 Å². The van der Waals surface area contributed by atoms with Gasteiger partial charge in [-0.3, -0.25) is 4.68 Å². The molecule has 0 aliphatic rings. The fraction of sp³-hybridized carbons (Fsp3) is 0.0769. The van der Waals surface area contributed by atoms with Crippen LogP contribution in [-0.4, -0.2) is 20.9 Å². The molecule has 3 aromatic rings. The van der Waals surface area contributed by atoms with Crippen molar-refractivity contribution in [2.24, 2.45) is 0 Å². The van der Waals surface area contributed by atoms with Gasteiger partial charge in [-0.05, 0) is 28.5 Å². The van der Waals surface area contributed by atoms with Crippen molar-refractivity contribution in [2.75, 3.05) is 0 Å². The minimum Gasteiger partial charge on any atom is -0.477 e. The highest BCUT2D eigenvalue weighted by atomic mass is 32.1. The smallest absolute Gasteiger partial charge is 0.354 e. The Labute approximate surface area is 107 Å². The van der Waals surface area contributed by atoms with Crippen LogP contribution in [0.3, 0.4) is 0 Å². The van der Waals surface area contributed by atoms with E-state index < -0.39 is 5.97 Å². The predicted octanol–water partition coefficient (Wildman–Crippen LogP) is 2.84. The SMILES string of the molecule is O=C(O)c1ccnn1Cc1csc2ccccc12. The van der Waals surface area contributed by atoms with E-state index in [1.54, 1.807) is 11.3 Å². The van der Waals surface area contributed by atoms with Crippen LogP contribution in [0.5, 0.6) is 0 Å². The number of rotatable bonds is 3. The lowest BCUT2D eigenvalue weighted by atomic mass is 10.2. The molecule has 0 saturated heterocycles. The summed E-state index contributed by atoms with van der Waals surface area (Å²) in [7, 11) is 0. The third kappa shape index (κ3) is 1.78. The van der Waals surface area contributed by atoms with Crippen molar-refractivity contribution in [1.29, 1.82) is 0 Å². The van der Waals surface area contributed by atoms with Crippen LogP contribution >= 0.6 is 11.3 Å². The summed E-state index contributed by atoms with van der Waals surface area (Å²) in [5.74, 6) is -0.952. The molecule has 1 N–H and O–H groups in total. The summed E-state index contributed by atoms with van der Waals surface area (Å²) in [5.41, 5.74) is 1.31. The second kappa shape index (κ2) is 4.27. The predicted molar refractivity (Wildman–Crippen MR) is 70.1 cm³/mol. The summed E-state index contributed by atoms with van der Waals surface area (Å²) in [6.45, 7) is 0.485. The first-order chi connectivity index (χ1) is 8.75. The van der Waals surface area contributed by atoms with Gasteiger partial charge in [-0.25, -0.2) is 4.79 Å². The summed E-state index contributed by atoms with van der Waals surface area (Å²) in [6.07, 6.45) is 1.51. The van der Waals surface area contributed by atoms with Crippen LogP contribution in [0.1, 0.15) is 16.1 Å². The number of nitrogens with zero attached hydrogens (tertiary/aromatic N) is 2. The molecule has 0 radical (unpaired) electrons. The molecule has 90 valence electrons. The third-order valence-corrected chi connectivity index (χ3v) is 3.83. The largest absolute Gasteiger partial charge is 0.477 e. The molecule has 0 amide bonds. The number of thiophene rings is 1. The van der Waals surface area contributed by atoms with Crippen LogP contribution in [0.15, 0.2) is 41.9 Å². The standard InChI is InChI=1S/C13H10N2O2S/c16-13(17)11-5-6-14-15(11)7-9-8-18-12-4-2-1-3-10(9)12/h1-6,8H,7H2,(H,16,17). The molecule has 0 spiro atoms. The molecule has 0 saturated carbocycles. The molecular weight excluding hydrogens is 248 g/mol. The van der Waals surface area contributed by atoms with Crippen LogP contribution in [0, 0.1) is 0 Å². The average molecular weight is 258 g/mol. The van der Waals surface area contributed by atoms with Crippen molar-refractivity contribution in [3.8, 4) is 0 Å². The van der Waals surface area contributed by atoms with E-state index in [4.69, 9.17) is 5.11 Å². The van der Waals surface area contributed by atoms with E-state index in [-0.39, 0.29) is 5.69 Å². The van der Waals surface area contributed by atoms with Gasteiger partial charge in [-0.2, -0.15) is 5.10 Å². The fourth-order valence-electron chi connectivity index (χ4n) is 1.96. The highest BCUT2D eigenvalue weighted by molar-refractivity contribution is 7.17. The number of carboxylic acid groups (broad SMARTS) is 1. The molecule has 3 rings (SSSR count). The van der Waals surface area contributed by atoms with Crippen LogP contribution in [0.4, 0.5) is 0 Å². The molecule has 1 aromatic carbocycles. The van der Waals surface area contributed by atoms with Gasteiger partial charge in [0.1, 0.15) is 5.69 Å². The van der Waals surface area contributed by atoms with Crippen LogP contribution in [0.25, 0.3) is 10.1 Å². The molecule has 0 unspecified atom stereocenters. The third-order valence-electron chi connectivity index (χ3n) is 2.82. The molecule has 4 nitrogen and oxygen atoms in total. The van der Waals surface area contributed by atoms with Crippen LogP contribution < -0.4 is 0 Å². The van der Waals surface area contributed by atoms with Crippen molar-refractivity contribution >= 4 is 27.4 Å². The van der Waals surface area contributed by atoms with E-state index >= 15 is 0 Å². The minimum absolute atomic E-state index is 0.213. The lowest BCUT2D eigenvalue weighted by Crippen LogP contribution is -2.10. The molecular formula is C13H10N2O2S. The zero-order valence-corrected chi connectivity index (χ0v) is 10.2. The van der Waals surface area contributed by atoms with Crippen molar-refractivity contribution in [3.63, 3.8) is 0 Å². The number of aromatic nitrogens is 2. The van der Waals surface area contributed by atoms with Gasteiger partial charge in [0.15, 0.2) is 0 Å². The van der Waals surface area contributed by atoms with Gasteiger partial charge < -0.3 is 5.11 Å². The van der Waals surface area contributed by atoms with Gasteiger partial charge in [0.05, 0.1) is 6.54 Å². The number of benzene rings is 1. The van der Waals surface area contributed by atoms with Crippen LogP contribution in [0.2, 0.25) is 0 Å². The first kappa shape index (κ1) is 11.0. The maximum absolute atomic E-state index is 11.0. The Kier molecular flexibility index (Phi) is 2.60. The Morgan fingerprint density at radius 2 is 2.17 bits per heavy atom. The van der Waals surface area contributed by atoms with Gasteiger partial charge in [-0.1, -0.05) is 18.2 Å². The summed E-state index contributed by atoms with van der Waals surface area (Å²) < 4.78 is 2.72. The Morgan fingerprint density at radius 1 is 1.33 bits per heavy atom. The molecule has 0 aliphatic heterocycles. The van der Waals surface area contributed by atoms with Gasteiger partial charge in [-0.15, -0.1) is 11.3 Å². The van der Waals surface area contributed by atoms with Gasteiger partial charge >= 0.3 is 5.97 Å². The van der Waals surface area contributed by atoms with Crippen LogP contribution in [-0.2, 0) is 6.54 Å². The highest BCUT2D eigenvalue weighted by Gasteiger charge is 2.12. The monoisotopic (exact) mass is 258 g/mol. The second-order valence-corrected chi connectivity index (χ2v) is 4.85. The number of hydrogen-bond acceptors (Lipinski definition) is 3. The topological polar surface area (TPSA) is 55.1 Å². The normalized spacial score (nSPS) is 10.9.